The van der Waals surface area contributed by atoms with Gasteiger partial charge in [-0.15, -0.1) is 0 Å². The van der Waals surface area contributed by atoms with Crippen LogP contribution in [-0.2, 0) is 6.54 Å². The van der Waals surface area contributed by atoms with Gasteiger partial charge in [0.15, 0.2) is 0 Å². The number of rotatable bonds is 3. The van der Waals surface area contributed by atoms with Gasteiger partial charge in [-0.25, -0.2) is 4.39 Å². The van der Waals surface area contributed by atoms with Gasteiger partial charge in [0.05, 0.1) is 0 Å². The van der Waals surface area contributed by atoms with Crippen LogP contribution in [0.2, 0.25) is 0 Å². The van der Waals surface area contributed by atoms with E-state index >= 15 is 0 Å². The molecular formula is C17H24BrFN2. The molecule has 0 aromatic heterocycles. The molecule has 3 rings (SSSR count). The molecule has 0 amide bonds. The van der Waals surface area contributed by atoms with Gasteiger partial charge in [-0.2, -0.15) is 0 Å². The van der Waals surface area contributed by atoms with Crippen molar-refractivity contribution in [3.05, 3.63) is 34.1 Å². The van der Waals surface area contributed by atoms with Gasteiger partial charge in [0.25, 0.3) is 0 Å². The highest BCUT2D eigenvalue weighted by Crippen LogP contribution is 2.38. The maximum absolute atomic E-state index is 14.2. The second kappa shape index (κ2) is 6.35. The normalized spacial score (nSPS) is 25.6. The zero-order valence-corrected chi connectivity index (χ0v) is 14.3. The third kappa shape index (κ3) is 3.17. The maximum Gasteiger partial charge on any atom is 0.128 e. The van der Waals surface area contributed by atoms with Gasteiger partial charge in [0, 0.05) is 41.3 Å². The van der Waals surface area contributed by atoms with Crippen molar-refractivity contribution in [3.63, 3.8) is 0 Å². The lowest BCUT2D eigenvalue weighted by atomic mass is 9.90. The van der Waals surface area contributed by atoms with Crippen molar-refractivity contribution in [1.29, 1.82) is 0 Å². The van der Waals surface area contributed by atoms with Gasteiger partial charge < -0.3 is 5.32 Å². The maximum atomic E-state index is 14.2. The summed E-state index contributed by atoms with van der Waals surface area (Å²) >= 11 is 3.34. The Balaban J connectivity index is 1.81. The molecule has 1 atom stereocenters. The fourth-order valence-electron chi connectivity index (χ4n) is 3.86. The number of nitrogens with zero attached hydrogens (tertiary/aromatic N) is 1. The molecule has 1 saturated heterocycles. The summed E-state index contributed by atoms with van der Waals surface area (Å²) in [4.78, 5) is 2.55. The third-order valence-corrected chi connectivity index (χ3v) is 5.73. The lowest BCUT2D eigenvalue weighted by Gasteiger charge is -2.48. The van der Waals surface area contributed by atoms with Crippen molar-refractivity contribution in [2.24, 2.45) is 0 Å². The van der Waals surface area contributed by atoms with Gasteiger partial charge in [-0.05, 0) is 31.4 Å². The fraction of sp³-hybridized carbons (Fsp3) is 0.647. The second-order valence-electron chi connectivity index (χ2n) is 6.53. The SMILES string of the molecule is CCC1CN(Cc2ccc(Br)cc2F)C2(CCCC2)CN1. The summed E-state index contributed by atoms with van der Waals surface area (Å²) in [7, 11) is 0. The summed E-state index contributed by atoms with van der Waals surface area (Å²) in [5.74, 6) is -0.0934. The van der Waals surface area contributed by atoms with E-state index in [1.165, 1.54) is 25.7 Å². The van der Waals surface area contributed by atoms with E-state index in [2.05, 4.69) is 33.1 Å². The average molecular weight is 355 g/mol. The number of nitrogens with one attached hydrogen (secondary N) is 1. The number of hydrogen-bond donors (Lipinski definition) is 1. The Kier molecular flexibility index (Phi) is 4.67. The zero-order valence-electron chi connectivity index (χ0n) is 12.7. The lowest BCUT2D eigenvalue weighted by molar-refractivity contribution is 0.0341. The molecule has 1 aliphatic heterocycles. The molecule has 1 N–H and O–H groups in total. The van der Waals surface area contributed by atoms with Crippen molar-refractivity contribution >= 4 is 15.9 Å². The smallest absolute Gasteiger partial charge is 0.128 e. The molecule has 4 heteroatoms. The highest BCUT2D eigenvalue weighted by atomic mass is 79.9. The summed E-state index contributed by atoms with van der Waals surface area (Å²) in [5, 5.41) is 3.70. The molecule has 0 bridgehead atoms. The first kappa shape index (κ1) is 15.4. The van der Waals surface area contributed by atoms with Crippen LogP contribution in [0.5, 0.6) is 0 Å². The van der Waals surface area contributed by atoms with Crippen molar-refractivity contribution in [1.82, 2.24) is 10.2 Å². The molecule has 116 valence electrons. The molecule has 2 nitrogen and oxygen atoms in total. The van der Waals surface area contributed by atoms with Crippen LogP contribution in [0.15, 0.2) is 22.7 Å². The molecule has 21 heavy (non-hydrogen) atoms. The van der Waals surface area contributed by atoms with Crippen molar-refractivity contribution in [3.8, 4) is 0 Å². The monoisotopic (exact) mass is 354 g/mol. The highest BCUT2D eigenvalue weighted by molar-refractivity contribution is 9.10. The molecular weight excluding hydrogens is 331 g/mol. The first-order valence-corrected chi connectivity index (χ1v) is 8.85. The number of benzene rings is 1. The van der Waals surface area contributed by atoms with Crippen LogP contribution in [0.3, 0.4) is 0 Å². The molecule has 1 unspecified atom stereocenters. The standard InChI is InChI=1S/C17H24BrFN2/c1-2-15-11-21(17(12-20-15)7-3-4-8-17)10-13-5-6-14(18)9-16(13)19/h5-6,9,15,20H,2-4,7-8,10-12H2,1H3. The largest absolute Gasteiger partial charge is 0.311 e. The molecule has 1 heterocycles. The van der Waals surface area contributed by atoms with Crippen molar-refractivity contribution in [2.45, 2.75) is 57.2 Å². The fourth-order valence-corrected chi connectivity index (χ4v) is 4.19. The Morgan fingerprint density at radius 3 is 2.81 bits per heavy atom. The predicted octanol–water partition coefficient (Wildman–Crippen LogP) is 4.08. The van der Waals surface area contributed by atoms with E-state index in [0.29, 0.717) is 6.04 Å². The quantitative estimate of drug-likeness (QED) is 0.879. The minimum absolute atomic E-state index is 0.0934. The third-order valence-electron chi connectivity index (χ3n) is 5.23. The van der Waals surface area contributed by atoms with E-state index in [4.69, 9.17) is 0 Å². The van der Waals surface area contributed by atoms with Crippen LogP contribution in [-0.4, -0.2) is 29.6 Å². The first-order chi connectivity index (χ1) is 10.1. The Bertz CT molecular complexity index is 500. The predicted molar refractivity (Wildman–Crippen MR) is 87.8 cm³/mol. The van der Waals surface area contributed by atoms with Crippen molar-refractivity contribution in [2.75, 3.05) is 13.1 Å². The van der Waals surface area contributed by atoms with Crippen LogP contribution < -0.4 is 5.32 Å². The Morgan fingerprint density at radius 2 is 2.14 bits per heavy atom. The molecule has 1 aliphatic carbocycles. The van der Waals surface area contributed by atoms with Gasteiger partial charge in [0.1, 0.15) is 5.82 Å². The second-order valence-corrected chi connectivity index (χ2v) is 7.45. The van der Waals surface area contributed by atoms with Gasteiger partial charge in [0.2, 0.25) is 0 Å². The number of halogens is 2. The molecule has 1 spiro atoms. The van der Waals surface area contributed by atoms with Crippen LogP contribution in [0.1, 0.15) is 44.6 Å². The summed E-state index contributed by atoms with van der Waals surface area (Å²) in [6.45, 7) is 5.05. The minimum atomic E-state index is -0.0934. The summed E-state index contributed by atoms with van der Waals surface area (Å²) in [5.41, 5.74) is 1.08. The molecule has 2 aliphatic rings. The Morgan fingerprint density at radius 1 is 1.38 bits per heavy atom. The summed E-state index contributed by atoms with van der Waals surface area (Å²) in [6.07, 6.45) is 6.23. The lowest BCUT2D eigenvalue weighted by Crippen LogP contribution is -2.63. The molecule has 1 saturated carbocycles. The molecule has 2 fully saturated rings. The van der Waals surface area contributed by atoms with E-state index in [9.17, 15) is 4.39 Å². The first-order valence-electron chi connectivity index (χ1n) is 8.05. The number of hydrogen-bond acceptors (Lipinski definition) is 2. The average Bonchev–Trinajstić information content (AvgIpc) is 2.94. The van der Waals surface area contributed by atoms with E-state index < -0.39 is 0 Å². The van der Waals surface area contributed by atoms with Crippen LogP contribution in [0, 0.1) is 5.82 Å². The van der Waals surface area contributed by atoms with Crippen LogP contribution in [0.4, 0.5) is 4.39 Å². The van der Waals surface area contributed by atoms with Gasteiger partial charge >= 0.3 is 0 Å². The van der Waals surface area contributed by atoms with Gasteiger partial charge in [-0.3, -0.25) is 4.90 Å². The van der Waals surface area contributed by atoms with Crippen LogP contribution >= 0.6 is 15.9 Å². The zero-order chi connectivity index (χ0) is 14.9. The van der Waals surface area contributed by atoms with Crippen LogP contribution in [0.25, 0.3) is 0 Å². The molecule has 0 radical (unpaired) electrons. The topological polar surface area (TPSA) is 15.3 Å². The van der Waals surface area contributed by atoms with E-state index in [-0.39, 0.29) is 11.4 Å². The Labute approximate surface area is 135 Å². The highest BCUT2D eigenvalue weighted by Gasteiger charge is 2.43. The van der Waals surface area contributed by atoms with Gasteiger partial charge in [-0.1, -0.05) is 41.8 Å². The summed E-state index contributed by atoms with van der Waals surface area (Å²) in [6, 6.07) is 5.98. The van der Waals surface area contributed by atoms with E-state index in [0.717, 1.165) is 36.1 Å². The number of piperazine rings is 1. The van der Waals surface area contributed by atoms with E-state index in [1.807, 2.05) is 12.1 Å². The molecule has 1 aromatic carbocycles. The minimum Gasteiger partial charge on any atom is -0.311 e. The Hall–Kier alpha value is -0.450. The molecule has 1 aromatic rings. The van der Waals surface area contributed by atoms with Crippen molar-refractivity contribution < 1.29 is 4.39 Å². The van der Waals surface area contributed by atoms with E-state index in [1.54, 1.807) is 6.07 Å². The summed E-state index contributed by atoms with van der Waals surface area (Å²) < 4.78 is 15.0.